The van der Waals surface area contributed by atoms with Crippen molar-refractivity contribution in [3.63, 3.8) is 0 Å². The smallest absolute Gasteiger partial charge is 0.224 e. The van der Waals surface area contributed by atoms with Crippen molar-refractivity contribution in [2.24, 2.45) is 0 Å². The average Bonchev–Trinajstić information content (AvgIpc) is 3.39. The van der Waals surface area contributed by atoms with Crippen molar-refractivity contribution in [3.05, 3.63) is 35.5 Å². The van der Waals surface area contributed by atoms with E-state index in [4.69, 9.17) is 11.6 Å². The summed E-state index contributed by atoms with van der Waals surface area (Å²) in [5, 5.41) is 1.29. The third-order valence-electron chi connectivity index (χ3n) is 5.64. The molecule has 1 aromatic carbocycles. The molecular formula is C19H24ClN3O3S. The summed E-state index contributed by atoms with van der Waals surface area (Å²) in [5.74, 6) is 0.0185. The maximum absolute atomic E-state index is 12.7. The summed E-state index contributed by atoms with van der Waals surface area (Å²) in [6, 6.07) is 7.69. The van der Waals surface area contributed by atoms with Gasteiger partial charge in [-0.2, -0.15) is 0 Å². The number of benzene rings is 1. The van der Waals surface area contributed by atoms with Gasteiger partial charge >= 0.3 is 0 Å². The Bertz CT molecular complexity index is 950. The van der Waals surface area contributed by atoms with Gasteiger partial charge in [0.05, 0.1) is 5.25 Å². The van der Waals surface area contributed by atoms with E-state index in [-0.39, 0.29) is 5.91 Å². The van der Waals surface area contributed by atoms with E-state index in [2.05, 4.69) is 0 Å². The number of aryl methyl sites for hydroxylation is 1. The molecule has 146 valence electrons. The molecule has 2 aliphatic rings. The zero-order valence-electron chi connectivity index (χ0n) is 15.2. The summed E-state index contributed by atoms with van der Waals surface area (Å²) in [5.41, 5.74) is 1.04. The Hall–Kier alpha value is -1.57. The van der Waals surface area contributed by atoms with Crippen molar-refractivity contribution in [3.8, 4) is 0 Å². The first-order chi connectivity index (χ1) is 12.9. The van der Waals surface area contributed by atoms with Gasteiger partial charge in [0.1, 0.15) is 0 Å². The molecule has 2 aliphatic heterocycles. The van der Waals surface area contributed by atoms with E-state index in [1.807, 2.05) is 35.0 Å². The molecule has 6 nitrogen and oxygen atoms in total. The van der Waals surface area contributed by atoms with Crippen molar-refractivity contribution in [1.82, 2.24) is 13.8 Å². The number of fused-ring (bicyclic) bond motifs is 1. The third-order valence-corrected chi connectivity index (χ3v) is 8.19. The van der Waals surface area contributed by atoms with Gasteiger partial charge in [-0.05, 0) is 43.5 Å². The Kier molecular flexibility index (Phi) is 5.18. The summed E-state index contributed by atoms with van der Waals surface area (Å²) in [6.45, 7) is 2.66. The highest BCUT2D eigenvalue weighted by Gasteiger charge is 2.39. The Morgan fingerprint density at radius 2 is 1.93 bits per heavy atom. The van der Waals surface area contributed by atoms with Gasteiger partial charge in [-0.25, -0.2) is 12.7 Å². The highest BCUT2D eigenvalue weighted by Crippen LogP contribution is 2.25. The van der Waals surface area contributed by atoms with Gasteiger partial charge in [-0.1, -0.05) is 11.6 Å². The molecule has 27 heavy (non-hydrogen) atoms. The topological polar surface area (TPSA) is 62.6 Å². The van der Waals surface area contributed by atoms with Crippen LogP contribution in [0, 0.1) is 0 Å². The second kappa shape index (κ2) is 7.45. The molecule has 0 unspecified atom stereocenters. The molecule has 8 heteroatoms. The largest absolute Gasteiger partial charge is 0.347 e. The lowest BCUT2D eigenvalue weighted by Gasteiger charge is -2.21. The number of nitrogens with zero attached hydrogens (tertiary/aromatic N) is 3. The Morgan fingerprint density at radius 3 is 2.70 bits per heavy atom. The lowest BCUT2D eigenvalue weighted by molar-refractivity contribution is -0.130. The molecule has 0 bridgehead atoms. The van der Waals surface area contributed by atoms with Gasteiger partial charge in [0.15, 0.2) is 0 Å². The fourth-order valence-corrected chi connectivity index (χ4v) is 6.23. The van der Waals surface area contributed by atoms with E-state index in [0.717, 1.165) is 23.7 Å². The van der Waals surface area contributed by atoms with Crippen LogP contribution < -0.4 is 0 Å². The molecule has 0 radical (unpaired) electrons. The minimum absolute atomic E-state index is 0.0185. The Balaban J connectivity index is 1.36. The van der Waals surface area contributed by atoms with Crippen molar-refractivity contribution in [2.45, 2.75) is 37.5 Å². The predicted molar refractivity (Wildman–Crippen MR) is 106 cm³/mol. The van der Waals surface area contributed by atoms with Crippen molar-refractivity contribution >= 4 is 38.4 Å². The average molecular weight is 410 g/mol. The number of halogens is 1. The van der Waals surface area contributed by atoms with E-state index >= 15 is 0 Å². The summed E-state index contributed by atoms with van der Waals surface area (Å²) in [6.07, 6.45) is 4.73. The molecule has 0 N–H and O–H groups in total. The van der Waals surface area contributed by atoms with Crippen LogP contribution in [-0.2, 0) is 21.4 Å². The van der Waals surface area contributed by atoms with Gasteiger partial charge in [-0.15, -0.1) is 0 Å². The normalized spacial score (nSPS) is 21.4. The third kappa shape index (κ3) is 3.73. The fourth-order valence-electron chi connectivity index (χ4n) is 4.09. The van der Waals surface area contributed by atoms with Gasteiger partial charge in [0.25, 0.3) is 0 Å². The van der Waals surface area contributed by atoms with Crippen molar-refractivity contribution in [1.29, 1.82) is 0 Å². The first-order valence-corrected chi connectivity index (χ1v) is 11.3. The Labute approximate surface area is 164 Å². The molecule has 4 rings (SSSR count). The van der Waals surface area contributed by atoms with Crippen LogP contribution in [0.15, 0.2) is 30.5 Å². The van der Waals surface area contributed by atoms with Crippen LogP contribution in [0.2, 0.25) is 5.02 Å². The second-order valence-corrected chi connectivity index (χ2v) is 10.0. The van der Waals surface area contributed by atoms with Gasteiger partial charge in [0, 0.05) is 61.3 Å². The number of likely N-dealkylation sites (tertiary alicyclic amines) is 1. The van der Waals surface area contributed by atoms with Gasteiger partial charge in [0.2, 0.25) is 15.9 Å². The molecule has 1 atom stereocenters. The van der Waals surface area contributed by atoms with E-state index in [1.54, 1.807) is 9.21 Å². The Morgan fingerprint density at radius 1 is 1.15 bits per heavy atom. The predicted octanol–water partition coefficient (Wildman–Crippen LogP) is 2.71. The minimum atomic E-state index is -3.27. The van der Waals surface area contributed by atoms with Crippen molar-refractivity contribution < 1.29 is 13.2 Å². The number of rotatable bonds is 5. The molecule has 2 fully saturated rings. The highest BCUT2D eigenvalue weighted by atomic mass is 35.5. The summed E-state index contributed by atoms with van der Waals surface area (Å²) < 4.78 is 29.0. The number of amides is 1. The standard InChI is InChI=1S/C19H24ClN3O3S/c20-16-3-4-18-15(13-16)5-10-21(18)12-7-19(24)22-11-6-17(14-22)27(25,26)23-8-1-2-9-23/h3-5,10,13,17H,1-2,6-9,11-12,14H2/t17-/m1/s1. The zero-order valence-corrected chi connectivity index (χ0v) is 16.8. The second-order valence-electron chi connectivity index (χ2n) is 7.36. The summed E-state index contributed by atoms with van der Waals surface area (Å²) >= 11 is 6.02. The number of carbonyl (C=O) groups excluding carboxylic acids is 1. The van der Waals surface area contributed by atoms with Gasteiger partial charge < -0.3 is 9.47 Å². The lowest BCUT2D eigenvalue weighted by atomic mass is 10.2. The van der Waals surface area contributed by atoms with E-state index in [1.165, 1.54) is 0 Å². The number of carbonyl (C=O) groups is 1. The fraction of sp³-hybridized carbons (Fsp3) is 0.526. The molecule has 2 aromatic rings. The van der Waals surface area contributed by atoms with Crippen LogP contribution in [0.25, 0.3) is 10.9 Å². The van der Waals surface area contributed by atoms with Crippen LogP contribution in [0.5, 0.6) is 0 Å². The monoisotopic (exact) mass is 409 g/mol. The number of aromatic nitrogens is 1. The molecular weight excluding hydrogens is 386 g/mol. The summed E-state index contributed by atoms with van der Waals surface area (Å²) in [7, 11) is -3.27. The summed E-state index contributed by atoms with van der Waals surface area (Å²) in [4.78, 5) is 14.3. The minimum Gasteiger partial charge on any atom is -0.347 e. The van der Waals surface area contributed by atoms with Crippen LogP contribution in [-0.4, -0.2) is 59.5 Å². The maximum Gasteiger partial charge on any atom is 0.224 e. The van der Waals surface area contributed by atoms with Crippen LogP contribution >= 0.6 is 11.6 Å². The number of hydrogen-bond donors (Lipinski definition) is 0. The first kappa shape index (κ1) is 18.8. The van der Waals surface area contributed by atoms with E-state index < -0.39 is 15.3 Å². The van der Waals surface area contributed by atoms with Crippen LogP contribution in [0.1, 0.15) is 25.7 Å². The quantitative estimate of drug-likeness (QED) is 0.762. The molecule has 0 spiro atoms. The van der Waals surface area contributed by atoms with E-state index in [9.17, 15) is 13.2 Å². The van der Waals surface area contributed by atoms with Crippen LogP contribution in [0.3, 0.4) is 0 Å². The van der Waals surface area contributed by atoms with Crippen molar-refractivity contribution in [2.75, 3.05) is 26.2 Å². The molecule has 2 saturated heterocycles. The van der Waals surface area contributed by atoms with Gasteiger partial charge in [-0.3, -0.25) is 4.79 Å². The SMILES string of the molecule is O=C(CCn1ccc2cc(Cl)ccc21)N1CC[C@@H](S(=O)(=O)N2CCCC2)C1. The van der Waals surface area contributed by atoms with Crippen LogP contribution in [0.4, 0.5) is 0 Å². The molecule has 1 aromatic heterocycles. The lowest BCUT2D eigenvalue weighted by Crippen LogP contribution is -2.39. The molecule has 0 saturated carbocycles. The highest BCUT2D eigenvalue weighted by molar-refractivity contribution is 7.89. The number of sulfonamides is 1. The molecule has 3 heterocycles. The number of hydrogen-bond acceptors (Lipinski definition) is 3. The maximum atomic E-state index is 12.7. The molecule has 1 amide bonds. The first-order valence-electron chi connectivity index (χ1n) is 9.46. The molecule has 0 aliphatic carbocycles. The zero-order chi connectivity index (χ0) is 19.0. The van der Waals surface area contributed by atoms with E-state index in [0.29, 0.717) is 50.6 Å².